The number of fused-ring (bicyclic) bond motifs is 2. The third-order valence-corrected chi connectivity index (χ3v) is 11.8. The fourth-order valence-electron chi connectivity index (χ4n) is 8.30. The molecule has 0 atom stereocenters. The first-order valence-corrected chi connectivity index (χ1v) is 23.4. The largest absolute Gasteiger partial charge is 0.489 e. The van der Waals surface area contributed by atoms with Gasteiger partial charge in [0.25, 0.3) is 0 Å². The van der Waals surface area contributed by atoms with Gasteiger partial charge in [-0.15, -0.1) is 11.6 Å². The van der Waals surface area contributed by atoms with Crippen molar-refractivity contribution in [2.45, 2.75) is 71.2 Å². The highest BCUT2D eigenvalue weighted by atomic mass is 35.5. The molecule has 16 heteroatoms. The van der Waals surface area contributed by atoms with E-state index in [-0.39, 0.29) is 61.0 Å². The van der Waals surface area contributed by atoms with Crippen LogP contribution < -0.4 is 24.6 Å². The first-order valence-electron chi connectivity index (χ1n) is 22.9. The molecule has 0 saturated heterocycles. The van der Waals surface area contributed by atoms with Crippen molar-refractivity contribution >= 4 is 40.8 Å². The molecule has 0 bridgehead atoms. The van der Waals surface area contributed by atoms with E-state index < -0.39 is 29.1 Å². The maximum atomic E-state index is 13.8. The van der Waals surface area contributed by atoms with E-state index in [1.807, 2.05) is 12.1 Å². The minimum Gasteiger partial charge on any atom is -0.489 e. The van der Waals surface area contributed by atoms with E-state index in [1.54, 1.807) is 128 Å². The summed E-state index contributed by atoms with van der Waals surface area (Å²) in [6.45, 7) is 6.86. The molecule has 2 aliphatic heterocycles. The highest BCUT2D eigenvalue weighted by Gasteiger charge is 2.35. The second-order valence-corrected chi connectivity index (χ2v) is 18.2. The van der Waals surface area contributed by atoms with Crippen LogP contribution >= 0.6 is 11.6 Å². The molecule has 8 rings (SSSR count). The van der Waals surface area contributed by atoms with E-state index in [9.17, 15) is 40.7 Å². The van der Waals surface area contributed by atoms with Gasteiger partial charge in [-0.1, -0.05) is 84.9 Å². The van der Waals surface area contributed by atoms with Crippen LogP contribution in [0.15, 0.2) is 133 Å². The van der Waals surface area contributed by atoms with E-state index in [2.05, 4.69) is 5.32 Å². The molecule has 372 valence electrons. The third kappa shape index (κ3) is 13.7. The molecule has 9 nitrogen and oxygen atoms in total. The van der Waals surface area contributed by atoms with Crippen LogP contribution in [0.4, 0.5) is 37.7 Å². The van der Waals surface area contributed by atoms with Crippen molar-refractivity contribution in [1.82, 2.24) is 5.32 Å². The highest BCUT2D eigenvalue weighted by molar-refractivity contribution is 6.29. The lowest BCUT2D eigenvalue weighted by Crippen LogP contribution is -2.38. The summed E-state index contributed by atoms with van der Waals surface area (Å²) in [6, 6.07) is 36.1. The van der Waals surface area contributed by atoms with Gasteiger partial charge in [-0.05, 0) is 127 Å². The number of esters is 1. The number of hydrogen-bond donors (Lipinski definition) is 1. The number of hydrogen-bond acceptors (Lipinski definition) is 7. The third-order valence-electron chi connectivity index (χ3n) is 11.6. The number of benzene rings is 6. The predicted molar refractivity (Wildman–Crippen MR) is 261 cm³/mol. The number of ether oxygens (including phenoxy) is 3. The van der Waals surface area contributed by atoms with Crippen molar-refractivity contribution < 1.29 is 54.9 Å². The quantitative estimate of drug-likeness (QED) is 0.0502. The summed E-state index contributed by atoms with van der Waals surface area (Å²) in [6.07, 6.45) is -7.50. The molecule has 0 fully saturated rings. The van der Waals surface area contributed by atoms with Gasteiger partial charge in [0.15, 0.2) is 0 Å². The molecular formula is C55H52ClF6N3O6. The van der Waals surface area contributed by atoms with E-state index >= 15 is 0 Å². The Balaban J connectivity index is 0.000000215. The van der Waals surface area contributed by atoms with Crippen LogP contribution in [0.25, 0.3) is 22.3 Å². The minimum atomic E-state index is -4.50. The van der Waals surface area contributed by atoms with Gasteiger partial charge >= 0.3 is 18.3 Å². The van der Waals surface area contributed by atoms with Crippen molar-refractivity contribution in [3.05, 3.63) is 167 Å². The van der Waals surface area contributed by atoms with Crippen molar-refractivity contribution in [2.75, 3.05) is 41.9 Å². The zero-order valence-corrected chi connectivity index (χ0v) is 40.0. The van der Waals surface area contributed by atoms with E-state index in [1.165, 1.54) is 12.1 Å². The Kier molecular flexibility index (Phi) is 16.5. The average molecular weight is 1000 g/mol. The zero-order valence-electron chi connectivity index (χ0n) is 39.3. The Morgan fingerprint density at radius 3 is 1.46 bits per heavy atom. The van der Waals surface area contributed by atoms with Crippen molar-refractivity contribution in [2.24, 2.45) is 0 Å². The monoisotopic (exact) mass is 999 g/mol. The number of rotatable bonds is 14. The highest BCUT2D eigenvalue weighted by Crippen LogP contribution is 2.40. The summed E-state index contributed by atoms with van der Waals surface area (Å²) in [7, 11) is 0. The lowest BCUT2D eigenvalue weighted by atomic mass is 9.97. The fourth-order valence-corrected chi connectivity index (χ4v) is 8.45. The number of nitrogens with zero attached hydrogens (tertiary/aromatic N) is 2. The maximum absolute atomic E-state index is 13.8. The number of carbonyl (C=O) groups is 3. The summed E-state index contributed by atoms with van der Waals surface area (Å²) in [4.78, 5) is 39.8. The van der Waals surface area contributed by atoms with E-state index in [0.29, 0.717) is 66.2 Å². The van der Waals surface area contributed by atoms with Gasteiger partial charge in [0, 0.05) is 31.0 Å². The van der Waals surface area contributed by atoms with Gasteiger partial charge < -0.3 is 29.3 Å². The number of nitrogens with one attached hydrogen (secondary N) is 1. The molecule has 0 aromatic heterocycles. The van der Waals surface area contributed by atoms with Gasteiger partial charge in [0.05, 0.1) is 24.1 Å². The normalized spacial score (nSPS) is 13.2. The second-order valence-electron chi connectivity index (χ2n) is 17.9. The molecule has 2 heterocycles. The lowest BCUT2D eigenvalue weighted by molar-refractivity contribution is -0.154. The number of halogens is 7. The molecule has 0 spiro atoms. The zero-order chi connectivity index (χ0) is 50.9. The Hall–Kier alpha value is -6.84. The van der Waals surface area contributed by atoms with Crippen LogP contribution in [0.1, 0.15) is 60.6 Å². The predicted octanol–water partition coefficient (Wildman–Crippen LogP) is 12.2. The van der Waals surface area contributed by atoms with Gasteiger partial charge in [-0.2, -0.15) is 26.3 Å². The van der Waals surface area contributed by atoms with Gasteiger partial charge in [0.1, 0.15) is 36.2 Å². The van der Waals surface area contributed by atoms with Crippen LogP contribution in [0.2, 0.25) is 0 Å². The first kappa shape index (κ1) is 52.0. The van der Waals surface area contributed by atoms with E-state index in [0.717, 1.165) is 34.6 Å². The fraction of sp³-hybridized carbons (Fsp3) is 0.291. The van der Waals surface area contributed by atoms with Crippen molar-refractivity contribution in [3.8, 4) is 33.8 Å². The molecule has 1 N–H and O–H groups in total. The summed E-state index contributed by atoms with van der Waals surface area (Å²) < 4.78 is 99.3. The molecule has 0 aliphatic carbocycles. The average Bonchev–Trinajstić information content (AvgIpc) is 3.97. The Morgan fingerprint density at radius 2 is 1.04 bits per heavy atom. The van der Waals surface area contributed by atoms with Crippen LogP contribution in [0, 0.1) is 0 Å². The molecule has 2 aliphatic rings. The molecule has 6 aromatic rings. The number of amides is 2. The van der Waals surface area contributed by atoms with E-state index in [4.69, 9.17) is 25.8 Å². The maximum Gasteiger partial charge on any atom is 0.417 e. The van der Waals surface area contributed by atoms with Crippen LogP contribution in [-0.2, 0) is 57.5 Å². The molecule has 0 saturated carbocycles. The Labute approximate surface area is 413 Å². The van der Waals surface area contributed by atoms with Gasteiger partial charge in [-0.25, -0.2) is 0 Å². The molecule has 71 heavy (non-hydrogen) atoms. The molecule has 2 amide bonds. The Morgan fingerprint density at radius 1 is 0.592 bits per heavy atom. The molecular weight excluding hydrogens is 948 g/mol. The number of anilines is 2. The topological polar surface area (TPSA) is 97.4 Å². The number of alkyl halides is 7. The van der Waals surface area contributed by atoms with Crippen LogP contribution in [0.3, 0.4) is 0 Å². The summed E-state index contributed by atoms with van der Waals surface area (Å²) in [5, 5.41) is 2.99. The molecule has 0 radical (unpaired) electrons. The summed E-state index contributed by atoms with van der Waals surface area (Å²) >= 11 is 5.65. The van der Waals surface area contributed by atoms with Crippen molar-refractivity contribution in [3.63, 3.8) is 0 Å². The molecule has 6 aromatic carbocycles. The summed E-state index contributed by atoms with van der Waals surface area (Å²) in [5.41, 5.74) is 3.60. The smallest absolute Gasteiger partial charge is 0.417 e. The van der Waals surface area contributed by atoms with Crippen molar-refractivity contribution in [1.29, 1.82) is 0 Å². The Bertz CT molecular complexity index is 2840. The first-order chi connectivity index (χ1) is 33.8. The molecule has 0 unspecified atom stereocenters. The van der Waals surface area contributed by atoms with Crippen LogP contribution in [-0.4, -0.2) is 55.4 Å². The summed E-state index contributed by atoms with van der Waals surface area (Å²) in [5.74, 6) is 0.372. The minimum absolute atomic E-state index is 0.00125. The number of carbonyl (C=O) groups excluding carboxylic acids is 3. The second kappa shape index (κ2) is 22.5. The van der Waals surface area contributed by atoms with Gasteiger partial charge in [-0.3, -0.25) is 14.4 Å². The lowest BCUT2D eigenvalue weighted by Gasteiger charge is -2.20. The standard InChI is InChI=1S/C31H33F3N2O4.C24H19ClF3NO2/c1-30(2,3)40-29(38)13-15-35-19-28(37)36-16-14-23-18-24(10-12-27(23)36)39-20-21-9-11-25(22-7-5-4-6-8-22)26(17-21)31(32,33)34;25-14-23(30)29-11-10-18-13-19(7-9-22(18)29)31-15-16-6-8-20(17-4-2-1-3-5-17)21(12-16)24(26,27)28/h4-12,17-18,35H,13-16,19-20H2,1-3H3;1-9,12-13H,10-11,14-15H2. The SMILES string of the molecule is CC(C)(C)OC(=O)CCNCC(=O)N1CCc2cc(OCc3ccc(-c4ccccc4)c(C(F)(F)F)c3)ccc21.O=C(CCl)N1CCc2cc(OCc3ccc(-c4ccccc4)c(C(F)(F)F)c3)ccc21. The van der Waals surface area contributed by atoms with Gasteiger partial charge in [0.2, 0.25) is 11.8 Å². The van der Waals surface area contributed by atoms with Crippen LogP contribution in [0.5, 0.6) is 11.5 Å².